The molecular formula is C24H34N8O2S2+2. The summed E-state index contributed by atoms with van der Waals surface area (Å²) in [5.41, 5.74) is 20.0. The summed E-state index contributed by atoms with van der Waals surface area (Å²) in [6.45, 7) is 9.43. The van der Waals surface area contributed by atoms with Crippen molar-refractivity contribution in [3.05, 3.63) is 67.3 Å². The zero-order valence-electron chi connectivity index (χ0n) is 21.1. The Bertz CT molecular complexity index is 1210. The number of rotatable bonds is 8. The Labute approximate surface area is 219 Å². The van der Waals surface area contributed by atoms with Crippen LogP contribution in [0.1, 0.15) is 43.9 Å². The predicted molar refractivity (Wildman–Crippen MR) is 141 cm³/mol. The number of aliphatic hydroxyl groups excluding tert-OH is 2. The van der Waals surface area contributed by atoms with Crippen molar-refractivity contribution in [3.8, 4) is 0 Å². The molecule has 0 aliphatic carbocycles. The lowest BCUT2D eigenvalue weighted by atomic mass is 10.2. The van der Waals surface area contributed by atoms with Gasteiger partial charge in [-0.2, -0.15) is 9.13 Å². The number of nitrogens with zero attached hydrogens (tertiary/aromatic N) is 6. The first-order valence-corrected chi connectivity index (χ1v) is 13.3. The van der Waals surface area contributed by atoms with E-state index in [2.05, 4.69) is 29.1 Å². The standard InChI is InChI=1S/2C12H17N4OS/c2*1-8-11(3-4-17)18-7-16(8)6-10-5-14-9(2)15-12(10)13/h2*5,7,17H,3-4,6H2,1-2H3,(H2,13,14,15)/q2*+1. The van der Waals surface area contributed by atoms with Gasteiger partial charge in [-0.15, -0.1) is 0 Å². The second-order valence-corrected chi connectivity index (χ2v) is 10.2. The number of thiazole rings is 2. The van der Waals surface area contributed by atoms with E-state index in [1.165, 1.54) is 9.75 Å². The van der Waals surface area contributed by atoms with Gasteiger partial charge in [-0.1, -0.05) is 22.7 Å². The van der Waals surface area contributed by atoms with E-state index in [1.807, 2.05) is 38.7 Å². The number of aromatic nitrogens is 6. The van der Waals surface area contributed by atoms with Crippen LogP contribution in [0.15, 0.2) is 23.4 Å². The van der Waals surface area contributed by atoms with Gasteiger partial charge in [-0.3, -0.25) is 0 Å². The SMILES string of the molecule is Cc1ncc(C[n+]2csc(CCO)c2C)c(N)n1.Cc1ncc(C[n+]2csc(CCO)c2C)c(N)n1. The fourth-order valence-corrected chi connectivity index (χ4v) is 5.50. The molecule has 0 aliphatic rings. The lowest BCUT2D eigenvalue weighted by Crippen LogP contribution is -2.35. The van der Waals surface area contributed by atoms with E-state index in [0.29, 0.717) is 49.2 Å². The molecule has 6 N–H and O–H groups in total. The number of nitrogen functional groups attached to an aromatic ring is 2. The van der Waals surface area contributed by atoms with Gasteiger partial charge in [-0.05, 0) is 13.8 Å². The minimum Gasteiger partial charge on any atom is -0.396 e. The van der Waals surface area contributed by atoms with E-state index in [0.717, 1.165) is 22.5 Å². The Morgan fingerprint density at radius 2 is 1.11 bits per heavy atom. The van der Waals surface area contributed by atoms with Crippen LogP contribution in [0.4, 0.5) is 11.6 Å². The van der Waals surface area contributed by atoms with E-state index in [4.69, 9.17) is 21.7 Å². The molecule has 0 saturated carbocycles. The van der Waals surface area contributed by atoms with Crippen molar-refractivity contribution in [2.45, 2.75) is 53.6 Å². The van der Waals surface area contributed by atoms with Crippen molar-refractivity contribution in [2.75, 3.05) is 24.7 Å². The van der Waals surface area contributed by atoms with Crippen molar-refractivity contribution < 1.29 is 19.3 Å². The molecule has 4 aromatic heterocycles. The summed E-state index contributed by atoms with van der Waals surface area (Å²) in [5, 5.41) is 18.0. The first kappa shape index (κ1) is 27.5. The summed E-state index contributed by atoms with van der Waals surface area (Å²) >= 11 is 3.30. The Kier molecular flexibility index (Phi) is 9.76. The van der Waals surface area contributed by atoms with Gasteiger partial charge >= 0.3 is 0 Å². The van der Waals surface area contributed by atoms with Gasteiger partial charge in [-0.25, -0.2) is 19.9 Å². The molecule has 0 unspecified atom stereocenters. The van der Waals surface area contributed by atoms with Crippen LogP contribution in [0.2, 0.25) is 0 Å². The Hall–Kier alpha value is -3.06. The van der Waals surface area contributed by atoms with Crippen molar-refractivity contribution in [1.82, 2.24) is 19.9 Å². The number of nitrogens with two attached hydrogens (primary N) is 2. The minimum absolute atomic E-state index is 0.178. The zero-order chi connectivity index (χ0) is 26.2. The van der Waals surface area contributed by atoms with Crippen LogP contribution in [-0.4, -0.2) is 43.4 Å². The fraction of sp³-hybridized carbons (Fsp3) is 0.417. The van der Waals surface area contributed by atoms with Crippen LogP contribution >= 0.6 is 22.7 Å². The van der Waals surface area contributed by atoms with E-state index < -0.39 is 0 Å². The highest BCUT2D eigenvalue weighted by molar-refractivity contribution is 7.09. The second kappa shape index (κ2) is 12.8. The molecule has 4 rings (SSSR count). The second-order valence-electron chi connectivity index (χ2n) is 8.32. The van der Waals surface area contributed by atoms with Gasteiger partial charge in [0.1, 0.15) is 23.3 Å². The molecule has 0 amide bonds. The Morgan fingerprint density at radius 1 is 0.722 bits per heavy atom. The first-order valence-electron chi connectivity index (χ1n) is 11.5. The quantitative estimate of drug-likeness (QED) is 0.248. The first-order chi connectivity index (χ1) is 17.2. The van der Waals surface area contributed by atoms with Crippen LogP contribution in [-0.2, 0) is 25.9 Å². The molecule has 10 nitrogen and oxygen atoms in total. The van der Waals surface area contributed by atoms with E-state index >= 15 is 0 Å². The van der Waals surface area contributed by atoms with Crippen LogP contribution < -0.4 is 20.6 Å². The highest BCUT2D eigenvalue weighted by Crippen LogP contribution is 2.15. The number of hydrogen-bond donors (Lipinski definition) is 4. The maximum Gasteiger partial charge on any atom is 0.225 e. The Balaban J connectivity index is 0.000000201. The molecule has 0 radical (unpaired) electrons. The highest BCUT2D eigenvalue weighted by atomic mass is 32.1. The average molecular weight is 531 g/mol. The minimum atomic E-state index is 0.178. The summed E-state index contributed by atoms with van der Waals surface area (Å²) in [6, 6.07) is 0. The molecule has 0 atom stereocenters. The number of anilines is 2. The predicted octanol–water partition coefficient (Wildman–Crippen LogP) is 1.22. The maximum atomic E-state index is 8.98. The molecular weight excluding hydrogens is 496 g/mol. The zero-order valence-corrected chi connectivity index (χ0v) is 22.7. The van der Waals surface area contributed by atoms with Crippen LogP contribution in [0.25, 0.3) is 0 Å². The van der Waals surface area contributed by atoms with E-state index in [9.17, 15) is 0 Å². The van der Waals surface area contributed by atoms with Gasteiger partial charge in [0.05, 0.1) is 20.9 Å². The summed E-state index contributed by atoms with van der Waals surface area (Å²) in [4.78, 5) is 19.1. The molecule has 4 heterocycles. The summed E-state index contributed by atoms with van der Waals surface area (Å²) in [6.07, 6.45) is 4.94. The van der Waals surface area contributed by atoms with Gasteiger partial charge in [0.15, 0.2) is 24.5 Å². The van der Waals surface area contributed by atoms with Crippen LogP contribution in [0.5, 0.6) is 0 Å². The maximum absolute atomic E-state index is 8.98. The van der Waals surface area contributed by atoms with Crippen molar-refractivity contribution in [1.29, 1.82) is 0 Å². The smallest absolute Gasteiger partial charge is 0.225 e. The third-order valence-electron chi connectivity index (χ3n) is 5.71. The molecule has 0 spiro atoms. The van der Waals surface area contributed by atoms with Crippen molar-refractivity contribution >= 4 is 34.3 Å². The fourth-order valence-electron chi connectivity index (χ4n) is 3.53. The third-order valence-corrected chi connectivity index (χ3v) is 8.00. The lowest BCUT2D eigenvalue weighted by Gasteiger charge is -2.01. The molecule has 0 aliphatic heterocycles. The van der Waals surface area contributed by atoms with Gasteiger partial charge in [0, 0.05) is 52.3 Å². The summed E-state index contributed by atoms with van der Waals surface area (Å²) in [5.74, 6) is 2.43. The molecule has 0 fully saturated rings. The van der Waals surface area contributed by atoms with Gasteiger partial charge in [0.2, 0.25) is 11.0 Å². The normalized spacial score (nSPS) is 10.8. The molecule has 192 valence electrons. The number of aliphatic hydroxyl groups is 2. The van der Waals surface area contributed by atoms with E-state index in [1.54, 1.807) is 35.1 Å². The summed E-state index contributed by atoms with van der Waals surface area (Å²) < 4.78 is 4.22. The topological polar surface area (TPSA) is 152 Å². The molecule has 0 saturated heterocycles. The number of hydrogen-bond acceptors (Lipinski definition) is 10. The van der Waals surface area contributed by atoms with Crippen molar-refractivity contribution in [2.24, 2.45) is 0 Å². The molecule has 12 heteroatoms. The average Bonchev–Trinajstić information content (AvgIpc) is 3.35. The third kappa shape index (κ3) is 7.00. The largest absolute Gasteiger partial charge is 0.396 e. The van der Waals surface area contributed by atoms with Crippen molar-refractivity contribution in [3.63, 3.8) is 0 Å². The van der Waals surface area contributed by atoms with Gasteiger partial charge in [0.25, 0.3) is 0 Å². The Morgan fingerprint density at radius 3 is 1.44 bits per heavy atom. The monoisotopic (exact) mass is 530 g/mol. The lowest BCUT2D eigenvalue weighted by molar-refractivity contribution is -0.689. The molecule has 0 bridgehead atoms. The molecule has 0 aromatic carbocycles. The van der Waals surface area contributed by atoms with Crippen LogP contribution in [0, 0.1) is 27.7 Å². The van der Waals surface area contributed by atoms with E-state index in [-0.39, 0.29) is 13.2 Å². The molecule has 4 aromatic rings. The number of aryl methyl sites for hydroxylation is 2. The molecule has 36 heavy (non-hydrogen) atoms. The summed E-state index contributed by atoms with van der Waals surface area (Å²) in [7, 11) is 0. The van der Waals surface area contributed by atoms with Crippen LogP contribution in [0.3, 0.4) is 0 Å². The highest BCUT2D eigenvalue weighted by Gasteiger charge is 2.18. The van der Waals surface area contributed by atoms with Gasteiger partial charge < -0.3 is 21.7 Å².